The second-order valence-electron chi connectivity index (χ2n) is 5.00. The van der Waals surface area contributed by atoms with E-state index in [9.17, 15) is 13.5 Å². The van der Waals surface area contributed by atoms with E-state index in [4.69, 9.17) is 0 Å². The van der Waals surface area contributed by atoms with Crippen molar-refractivity contribution in [3.63, 3.8) is 0 Å². The van der Waals surface area contributed by atoms with Gasteiger partial charge in [0.05, 0.1) is 11.9 Å². The highest BCUT2D eigenvalue weighted by molar-refractivity contribution is 7.89. The quantitative estimate of drug-likeness (QED) is 0.740. The Morgan fingerprint density at radius 1 is 1.24 bits per heavy atom. The maximum atomic E-state index is 11.7. The van der Waals surface area contributed by atoms with Gasteiger partial charge in [0.2, 0.25) is 10.0 Å². The van der Waals surface area contributed by atoms with Gasteiger partial charge < -0.3 is 5.11 Å². The molecule has 5 nitrogen and oxygen atoms in total. The topological polar surface area (TPSA) is 60.9 Å². The summed E-state index contributed by atoms with van der Waals surface area (Å²) < 4.78 is 24.9. The van der Waals surface area contributed by atoms with Crippen LogP contribution in [0.15, 0.2) is 0 Å². The summed E-state index contributed by atoms with van der Waals surface area (Å²) in [6.45, 7) is 4.98. The molecule has 1 aliphatic carbocycles. The molecule has 100 valence electrons. The lowest BCUT2D eigenvalue weighted by atomic mass is 10.2. The number of aliphatic hydroxyl groups excluding tert-OH is 1. The molecule has 0 radical (unpaired) electrons. The fourth-order valence-corrected chi connectivity index (χ4v) is 3.35. The molecule has 2 rings (SSSR count). The molecular formula is C11H22N2O3S. The molecule has 1 saturated carbocycles. The molecule has 6 heteroatoms. The number of piperazine rings is 1. The maximum absolute atomic E-state index is 11.7. The van der Waals surface area contributed by atoms with Gasteiger partial charge in [-0.1, -0.05) is 0 Å². The van der Waals surface area contributed by atoms with Gasteiger partial charge in [-0.05, 0) is 25.7 Å². The minimum atomic E-state index is -3.03. The van der Waals surface area contributed by atoms with E-state index >= 15 is 0 Å². The Morgan fingerprint density at radius 2 is 1.82 bits per heavy atom. The predicted octanol–water partition coefficient (Wildman–Crippen LogP) is -0.275. The average molecular weight is 262 g/mol. The molecule has 0 spiro atoms. The summed E-state index contributed by atoms with van der Waals surface area (Å²) in [7, 11) is -3.03. The van der Waals surface area contributed by atoms with Crippen molar-refractivity contribution in [3.8, 4) is 0 Å². The van der Waals surface area contributed by atoms with Gasteiger partial charge in [0.15, 0.2) is 0 Å². The van der Waals surface area contributed by atoms with E-state index in [0.29, 0.717) is 25.6 Å². The van der Waals surface area contributed by atoms with E-state index in [0.717, 1.165) is 25.9 Å². The summed E-state index contributed by atoms with van der Waals surface area (Å²) in [4.78, 5) is 2.17. The zero-order valence-electron chi connectivity index (χ0n) is 10.4. The van der Waals surface area contributed by atoms with Crippen LogP contribution in [0.25, 0.3) is 0 Å². The van der Waals surface area contributed by atoms with E-state index in [1.165, 1.54) is 0 Å². The van der Waals surface area contributed by atoms with Gasteiger partial charge in [0.1, 0.15) is 0 Å². The lowest BCUT2D eigenvalue weighted by Crippen LogP contribution is -2.50. The van der Waals surface area contributed by atoms with Crippen molar-refractivity contribution in [1.29, 1.82) is 0 Å². The normalized spacial score (nSPS) is 26.0. The SMILES string of the molecule is CCS(=O)(=O)N1CCN(C[C@H](O)C2CC2)CC1. The molecule has 2 fully saturated rings. The first-order valence-electron chi connectivity index (χ1n) is 6.41. The molecule has 2 aliphatic rings. The van der Waals surface area contributed by atoms with Crippen molar-refractivity contribution in [2.75, 3.05) is 38.5 Å². The molecule has 1 N–H and O–H groups in total. The van der Waals surface area contributed by atoms with Gasteiger partial charge in [0.25, 0.3) is 0 Å². The van der Waals surface area contributed by atoms with Crippen LogP contribution in [0.3, 0.4) is 0 Å². The fourth-order valence-electron chi connectivity index (χ4n) is 2.27. The highest BCUT2D eigenvalue weighted by atomic mass is 32.2. The van der Waals surface area contributed by atoms with E-state index in [2.05, 4.69) is 4.90 Å². The van der Waals surface area contributed by atoms with Gasteiger partial charge >= 0.3 is 0 Å². The van der Waals surface area contributed by atoms with Crippen LogP contribution in [0.5, 0.6) is 0 Å². The van der Waals surface area contributed by atoms with Gasteiger partial charge in [-0.25, -0.2) is 8.42 Å². The molecule has 1 aliphatic heterocycles. The number of hydrogen-bond acceptors (Lipinski definition) is 4. The summed E-state index contributed by atoms with van der Waals surface area (Å²) in [6.07, 6.45) is 2.07. The second-order valence-corrected chi connectivity index (χ2v) is 7.26. The van der Waals surface area contributed by atoms with Crippen molar-refractivity contribution in [1.82, 2.24) is 9.21 Å². The standard InChI is InChI=1S/C11H22N2O3S/c1-2-17(15,16)13-7-5-12(6-8-13)9-11(14)10-3-4-10/h10-11,14H,2-9H2,1H3/t11-/m0/s1. The number of rotatable bonds is 5. The number of sulfonamides is 1. The average Bonchev–Trinajstić information content (AvgIpc) is 3.13. The summed E-state index contributed by atoms with van der Waals surface area (Å²) in [5, 5.41) is 9.84. The van der Waals surface area contributed by atoms with Crippen LogP contribution in [-0.4, -0.2) is 67.3 Å². The van der Waals surface area contributed by atoms with Crippen LogP contribution in [-0.2, 0) is 10.0 Å². The van der Waals surface area contributed by atoms with Crippen LogP contribution in [0, 0.1) is 5.92 Å². The van der Waals surface area contributed by atoms with Gasteiger partial charge in [0, 0.05) is 32.7 Å². The minimum Gasteiger partial charge on any atom is -0.392 e. The van der Waals surface area contributed by atoms with Crippen molar-refractivity contribution >= 4 is 10.0 Å². The molecule has 0 aromatic rings. The van der Waals surface area contributed by atoms with Gasteiger partial charge in [-0.3, -0.25) is 4.90 Å². The van der Waals surface area contributed by atoms with Gasteiger partial charge in [-0.2, -0.15) is 4.31 Å². The van der Waals surface area contributed by atoms with E-state index < -0.39 is 10.0 Å². The lowest BCUT2D eigenvalue weighted by molar-refractivity contribution is 0.0782. The maximum Gasteiger partial charge on any atom is 0.213 e. The van der Waals surface area contributed by atoms with E-state index in [1.807, 2.05) is 0 Å². The molecule has 1 heterocycles. The lowest BCUT2D eigenvalue weighted by Gasteiger charge is -2.34. The Morgan fingerprint density at radius 3 is 2.29 bits per heavy atom. The molecular weight excluding hydrogens is 240 g/mol. The first-order valence-corrected chi connectivity index (χ1v) is 8.02. The van der Waals surface area contributed by atoms with E-state index in [1.54, 1.807) is 11.2 Å². The molecule has 17 heavy (non-hydrogen) atoms. The van der Waals surface area contributed by atoms with Crippen molar-refractivity contribution < 1.29 is 13.5 Å². The molecule has 1 atom stereocenters. The van der Waals surface area contributed by atoms with Crippen LogP contribution in [0.4, 0.5) is 0 Å². The van der Waals surface area contributed by atoms with Crippen LogP contribution in [0.1, 0.15) is 19.8 Å². The Kier molecular flexibility index (Phi) is 4.07. The minimum absolute atomic E-state index is 0.178. The number of aliphatic hydroxyl groups is 1. The third-order valence-corrected chi connectivity index (χ3v) is 5.58. The zero-order valence-corrected chi connectivity index (χ0v) is 11.2. The summed E-state index contributed by atoms with van der Waals surface area (Å²) >= 11 is 0. The monoisotopic (exact) mass is 262 g/mol. The zero-order chi connectivity index (χ0) is 12.5. The Hall–Kier alpha value is -0.170. The van der Waals surface area contributed by atoms with Crippen molar-refractivity contribution in [3.05, 3.63) is 0 Å². The first kappa shape index (κ1) is 13.3. The Bertz CT molecular complexity index is 346. The number of hydrogen-bond donors (Lipinski definition) is 1. The molecule has 0 bridgehead atoms. The van der Waals surface area contributed by atoms with Crippen molar-refractivity contribution in [2.24, 2.45) is 5.92 Å². The smallest absolute Gasteiger partial charge is 0.213 e. The van der Waals surface area contributed by atoms with Crippen LogP contribution < -0.4 is 0 Å². The highest BCUT2D eigenvalue weighted by Crippen LogP contribution is 2.32. The summed E-state index contributed by atoms with van der Waals surface area (Å²) in [6, 6.07) is 0. The fraction of sp³-hybridized carbons (Fsp3) is 1.00. The third-order valence-electron chi connectivity index (χ3n) is 3.70. The third kappa shape index (κ3) is 3.40. The van der Waals surface area contributed by atoms with Crippen LogP contribution in [0.2, 0.25) is 0 Å². The summed E-state index contributed by atoms with van der Waals surface area (Å²) in [5.41, 5.74) is 0. The predicted molar refractivity (Wildman–Crippen MR) is 66.2 cm³/mol. The first-order chi connectivity index (χ1) is 8.03. The van der Waals surface area contributed by atoms with Crippen LogP contribution >= 0.6 is 0 Å². The number of β-amino-alcohol motifs (C(OH)–C–C–N with tert-alkyl or cyclic N) is 1. The van der Waals surface area contributed by atoms with Crippen molar-refractivity contribution in [2.45, 2.75) is 25.9 Å². The number of nitrogens with zero attached hydrogens (tertiary/aromatic N) is 2. The highest BCUT2D eigenvalue weighted by Gasteiger charge is 2.32. The Balaban J connectivity index is 1.77. The molecule has 0 aromatic heterocycles. The molecule has 0 unspecified atom stereocenters. The largest absolute Gasteiger partial charge is 0.392 e. The molecule has 1 saturated heterocycles. The molecule has 0 aromatic carbocycles. The van der Waals surface area contributed by atoms with Gasteiger partial charge in [-0.15, -0.1) is 0 Å². The van der Waals surface area contributed by atoms with E-state index in [-0.39, 0.29) is 11.9 Å². The second kappa shape index (κ2) is 5.22. The summed E-state index contributed by atoms with van der Waals surface area (Å²) in [5.74, 6) is 0.671. The molecule has 0 amide bonds. The Labute approximate surface area is 103 Å².